The summed E-state index contributed by atoms with van der Waals surface area (Å²) in [6, 6.07) is 5.72. The smallest absolute Gasteiger partial charge is 0.315 e. The molecule has 1 heterocycles. The van der Waals surface area contributed by atoms with Gasteiger partial charge in [0.15, 0.2) is 0 Å². The number of urea groups is 1. The minimum absolute atomic E-state index is 0.0227. The van der Waals surface area contributed by atoms with Crippen molar-refractivity contribution < 1.29 is 13.9 Å². The zero-order valence-electron chi connectivity index (χ0n) is 13.3. The molecule has 2 amide bonds. The molecule has 1 aromatic rings. The predicted octanol–water partition coefficient (Wildman–Crippen LogP) is 2.84. The van der Waals surface area contributed by atoms with E-state index in [9.17, 15) is 9.18 Å². The minimum atomic E-state index is -0.435. The highest BCUT2D eigenvalue weighted by Crippen LogP contribution is 2.17. The van der Waals surface area contributed by atoms with Crippen molar-refractivity contribution in [2.45, 2.75) is 51.3 Å². The first-order valence-electron chi connectivity index (χ1n) is 7.93. The fraction of sp³-hybridized carbons (Fsp3) is 0.529. The van der Waals surface area contributed by atoms with Gasteiger partial charge in [-0.15, -0.1) is 0 Å². The van der Waals surface area contributed by atoms with E-state index in [0.29, 0.717) is 17.2 Å². The zero-order chi connectivity index (χ0) is 16.7. The van der Waals surface area contributed by atoms with Crippen LogP contribution in [0.15, 0.2) is 18.2 Å². The molecule has 0 saturated carbocycles. The second-order valence-electron chi connectivity index (χ2n) is 5.86. The Bertz CT molecular complexity index is 580. The monoisotopic (exact) mass is 319 g/mol. The molecule has 2 rings (SSSR count). The number of nitriles is 1. The van der Waals surface area contributed by atoms with Crippen molar-refractivity contribution in [3.63, 3.8) is 0 Å². The van der Waals surface area contributed by atoms with Crippen LogP contribution >= 0.6 is 0 Å². The van der Waals surface area contributed by atoms with Gasteiger partial charge in [-0.1, -0.05) is 0 Å². The van der Waals surface area contributed by atoms with Crippen LogP contribution in [0, 0.1) is 17.1 Å². The standard InChI is InChI=1S/C17H22FN3O2/c1-12(4-6-15-3-2-8-23-15)21-17(22)20-11-14-9-13(10-19)5-7-16(14)18/h5,7,9,12,15H,2-4,6,8,11H2,1H3,(H2,20,21,22). The lowest BCUT2D eigenvalue weighted by molar-refractivity contribution is 0.100. The van der Waals surface area contributed by atoms with Gasteiger partial charge >= 0.3 is 6.03 Å². The van der Waals surface area contributed by atoms with E-state index >= 15 is 0 Å². The number of amides is 2. The predicted molar refractivity (Wildman–Crippen MR) is 84.2 cm³/mol. The van der Waals surface area contributed by atoms with Crippen molar-refractivity contribution >= 4 is 6.03 Å². The topological polar surface area (TPSA) is 74.2 Å². The first-order chi connectivity index (χ1) is 11.1. The third-order valence-corrected chi connectivity index (χ3v) is 3.94. The second-order valence-corrected chi connectivity index (χ2v) is 5.86. The normalized spacial score (nSPS) is 18.2. The van der Waals surface area contributed by atoms with Crippen molar-refractivity contribution in [2.24, 2.45) is 0 Å². The molecule has 0 aliphatic carbocycles. The van der Waals surface area contributed by atoms with Crippen molar-refractivity contribution in [3.05, 3.63) is 35.1 Å². The van der Waals surface area contributed by atoms with E-state index in [0.717, 1.165) is 32.3 Å². The Kier molecular flexibility index (Phi) is 6.36. The van der Waals surface area contributed by atoms with Crippen molar-refractivity contribution in [1.82, 2.24) is 10.6 Å². The van der Waals surface area contributed by atoms with Crippen LogP contribution in [-0.2, 0) is 11.3 Å². The maximum absolute atomic E-state index is 13.6. The lowest BCUT2D eigenvalue weighted by Gasteiger charge is -2.17. The molecule has 6 heteroatoms. The summed E-state index contributed by atoms with van der Waals surface area (Å²) in [7, 11) is 0. The van der Waals surface area contributed by atoms with Gasteiger partial charge in [0.25, 0.3) is 0 Å². The number of halogens is 1. The highest BCUT2D eigenvalue weighted by molar-refractivity contribution is 5.74. The first-order valence-corrected chi connectivity index (χ1v) is 7.93. The molecular weight excluding hydrogens is 297 g/mol. The van der Waals surface area contributed by atoms with Gasteiger partial charge in [0.2, 0.25) is 0 Å². The Morgan fingerprint density at radius 1 is 1.57 bits per heavy atom. The summed E-state index contributed by atoms with van der Waals surface area (Å²) in [5.74, 6) is -0.435. The van der Waals surface area contributed by atoms with Crippen LogP contribution in [0.1, 0.15) is 43.7 Å². The summed E-state index contributed by atoms with van der Waals surface area (Å²) in [6.07, 6.45) is 4.29. The Hall–Kier alpha value is -2.13. The summed E-state index contributed by atoms with van der Waals surface area (Å²) in [5.41, 5.74) is 0.666. The molecule has 124 valence electrons. The van der Waals surface area contributed by atoms with Gasteiger partial charge in [-0.05, 0) is 50.8 Å². The summed E-state index contributed by atoms with van der Waals surface area (Å²) >= 11 is 0. The molecule has 1 aliphatic heterocycles. The van der Waals surface area contributed by atoms with Gasteiger partial charge in [0, 0.05) is 24.8 Å². The average molecular weight is 319 g/mol. The summed E-state index contributed by atoms with van der Waals surface area (Å²) < 4.78 is 19.2. The first kappa shape index (κ1) is 17.2. The highest BCUT2D eigenvalue weighted by atomic mass is 19.1. The molecule has 0 spiro atoms. The van der Waals surface area contributed by atoms with Crippen LogP contribution in [0.2, 0.25) is 0 Å². The molecule has 1 fully saturated rings. The van der Waals surface area contributed by atoms with Crippen LogP contribution in [0.25, 0.3) is 0 Å². The minimum Gasteiger partial charge on any atom is -0.378 e. The van der Waals surface area contributed by atoms with Gasteiger partial charge in [-0.2, -0.15) is 5.26 Å². The summed E-state index contributed by atoms with van der Waals surface area (Å²) in [6.45, 7) is 2.82. The van der Waals surface area contributed by atoms with E-state index in [-0.39, 0.29) is 18.6 Å². The zero-order valence-corrected chi connectivity index (χ0v) is 13.3. The Labute approximate surface area is 135 Å². The maximum atomic E-state index is 13.6. The summed E-state index contributed by atoms with van der Waals surface area (Å²) in [5, 5.41) is 14.3. The molecular formula is C17H22FN3O2. The molecule has 2 N–H and O–H groups in total. The van der Waals surface area contributed by atoms with Crippen LogP contribution < -0.4 is 10.6 Å². The quantitative estimate of drug-likeness (QED) is 0.846. The lowest BCUT2D eigenvalue weighted by atomic mass is 10.1. The van der Waals surface area contributed by atoms with Gasteiger partial charge in [-0.3, -0.25) is 0 Å². The number of rotatable bonds is 6. The molecule has 23 heavy (non-hydrogen) atoms. The molecule has 2 atom stereocenters. The number of hydrogen-bond donors (Lipinski definition) is 2. The molecule has 2 unspecified atom stereocenters. The number of hydrogen-bond acceptors (Lipinski definition) is 3. The Morgan fingerprint density at radius 2 is 2.39 bits per heavy atom. The number of benzene rings is 1. The van der Waals surface area contributed by atoms with Crippen LogP contribution in [0.5, 0.6) is 0 Å². The van der Waals surface area contributed by atoms with Gasteiger partial charge < -0.3 is 15.4 Å². The molecule has 5 nitrogen and oxygen atoms in total. The molecule has 0 radical (unpaired) electrons. The van der Waals surface area contributed by atoms with Gasteiger partial charge in [-0.25, -0.2) is 9.18 Å². The third kappa shape index (κ3) is 5.53. The Morgan fingerprint density at radius 3 is 3.09 bits per heavy atom. The molecule has 1 saturated heterocycles. The number of ether oxygens (including phenoxy) is 1. The van der Waals surface area contributed by atoms with E-state index in [4.69, 9.17) is 10.00 Å². The third-order valence-electron chi connectivity index (χ3n) is 3.94. The SMILES string of the molecule is CC(CCC1CCCO1)NC(=O)NCc1cc(C#N)ccc1F. The molecule has 0 aromatic heterocycles. The van der Waals surface area contributed by atoms with Crippen LogP contribution in [0.4, 0.5) is 9.18 Å². The average Bonchev–Trinajstić information content (AvgIpc) is 3.05. The van der Waals surface area contributed by atoms with Gasteiger partial charge in [0.05, 0.1) is 17.7 Å². The number of nitrogens with zero attached hydrogens (tertiary/aromatic N) is 1. The van der Waals surface area contributed by atoms with Crippen molar-refractivity contribution in [3.8, 4) is 6.07 Å². The van der Waals surface area contributed by atoms with E-state index < -0.39 is 5.82 Å². The number of carbonyl (C=O) groups is 1. The Balaban J connectivity index is 1.73. The van der Waals surface area contributed by atoms with Crippen LogP contribution in [-0.4, -0.2) is 24.8 Å². The van der Waals surface area contributed by atoms with Crippen molar-refractivity contribution in [2.75, 3.05) is 6.61 Å². The molecule has 0 bridgehead atoms. The van der Waals surface area contributed by atoms with Gasteiger partial charge in [0.1, 0.15) is 5.82 Å². The second kappa shape index (κ2) is 8.49. The largest absolute Gasteiger partial charge is 0.378 e. The van der Waals surface area contributed by atoms with E-state index in [1.54, 1.807) is 0 Å². The lowest BCUT2D eigenvalue weighted by Crippen LogP contribution is -2.40. The molecule has 1 aliphatic rings. The fourth-order valence-corrected chi connectivity index (χ4v) is 2.61. The molecule has 1 aromatic carbocycles. The fourth-order valence-electron chi connectivity index (χ4n) is 2.61. The van der Waals surface area contributed by atoms with E-state index in [2.05, 4.69) is 10.6 Å². The maximum Gasteiger partial charge on any atom is 0.315 e. The highest BCUT2D eigenvalue weighted by Gasteiger charge is 2.17. The van der Waals surface area contributed by atoms with Crippen LogP contribution in [0.3, 0.4) is 0 Å². The van der Waals surface area contributed by atoms with E-state index in [1.807, 2.05) is 13.0 Å². The van der Waals surface area contributed by atoms with E-state index in [1.165, 1.54) is 18.2 Å². The number of nitrogens with one attached hydrogen (secondary N) is 2. The number of carbonyl (C=O) groups excluding carboxylic acids is 1. The summed E-state index contributed by atoms with van der Waals surface area (Å²) in [4.78, 5) is 11.8. The van der Waals surface area contributed by atoms with Crippen molar-refractivity contribution in [1.29, 1.82) is 5.26 Å².